The molecule has 0 aromatic carbocycles. The Morgan fingerprint density at radius 2 is 2.33 bits per heavy atom. The second-order valence-electron chi connectivity index (χ2n) is 3.41. The first-order valence-corrected chi connectivity index (χ1v) is 6.80. The summed E-state index contributed by atoms with van der Waals surface area (Å²) in [5.41, 5.74) is 1.05. The Labute approximate surface area is 120 Å². The average molecular weight is 377 g/mol. The summed E-state index contributed by atoms with van der Waals surface area (Å²) in [5.74, 6) is -1.22. The van der Waals surface area contributed by atoms with Crippen molar-refractivity contribution in [3.05, 3.63) is 32.3 Å². The third-order valence-corrected chi connectivity index (χ3v) is 3.81. The van der Waals surface area contributed by atoms with Crippen LogP contribution in [0.2, 0.25) is 0 Å². The molecule has 1 amide bonds. The summed E-state index contributed by atoms with van der Waals surface area (Å²) in [7, 11) is 0. The summed E-state index contributed by atoms with van der Waals surface area (Å²) in [4.78, 5) is 22.3. The van der Waals surface area contributed by atoms with Crippen LogP contribution in [0, 0.1) is 2.88 Å². The summed E-state index contributed by atoms with van der Waals surface area (Å²) < 4.78 is 2.27. The highest BCUT2D eigenvalue weighted by Crippen LogP contribution is 2.17. The van der Waals surface area contributed by atoms with E-state index in [1.165, 1.54) is 28.4 Å². The number of carbonyl (C=O) groups excluding carboxylic acids is 1. The fourth-order valence-electron chi connectivity index (χ4n) is 1.29. The zero-order valence-corrected chi connectivity index (χ0v) is 11.9. The lowest BCUT2D eigenvalue weighted by Crippen LogP contribution is -2.11. The van der Waals surface area contributed by atoms with Crippen molar-refractivity contribution in [3.63, 3.8) is 0 Å². The molecule has 0 unspecified atom stereocenters. The van der Waals surface area contributed by atoms with Crippen molar-refractivity contribution >= 4 is 51.5 Å². The molecule has 2 N–H and O–H groups in total. The molecule has 0 radical (unpaired) electrons. The first-order valence-electron chi connectivity index (χ1n) is 4.84. The van der Waals surface area contributed by atoms with Gasteiger partial charge in [-0.25, -0.2) is 0 Å². The molecule has 94 valence electrons. The number of rotatable bonds is 4. The van der Waals surface area contributed by atoms with E-state index in [1.54, 1.807) is 11.4 Å². The molecule has 0 aliphatic rings. The van der Waals surface area contributed by atoms with E-state index in [4.69, 9.17) is 5.11 Å². The molecule has 0 bridgehead atoms. The van der Waals surface area contributed by atoms with Gasteiger partial charge >= 0.3 is 5.97 Å². The monoisotopic (exact) mass is 377 g/mol. The van der Waals surface area contributed by atoms with Crippen LogP contribution in [0.5, 0.6) is 0 Å². The van der Waals surface area contributed by atoms with Crippen molar-refractivity contribution < 1.29 is 14.7 Å². The van der Waals surface area contributed by atoms with Gasteiger partial charge < -0.3 is 10.4 Å². The molecule has 0 saturated heterocycles. The first-order chi connectivity index (χ1) is 8.54. The molecule has 2 rings (SSSR count). The smallest absolute Gasteiger partial charge is 0.325 e. The van der Waals surface area contributed by atoms with E-state index >= 15 is 0 Å². The maximum atomic E-state index is 11.8. The third-order valence-electron chi connectivity index (χ3n) is 2.02. The molecule has 0 atom stereocenters. The molecule has 6 nitrogen and oxygen atoms in total. The van der Waals surface area contributed by atoms with Gasteiger partial charge in [0.1, 0.15) is 6.54 Å². The van der Waals surface area contributed by atoms with Crippen LogP contribution in [0.25, 0.3) is 0 Å². The quantitative estimate of drug-likeness (QED) is 0.798. The van der Waals surface area contributed by atoms with E-state index in [0.717, 1.165) is 2.88 Å². The molecular formula is C10H8IN3O3S. The first kappa shape index (κ1) is 13.0. The lowest BCUT2D eigenvalue weighted by Gasteiger charge is -1.99. The Morgan fingerprint density at radius 1 is 1.56 bits per heavy atom. The Kier molecular flexibility index (Phi) is 3.97. The van der Waals surface area contributed by atoms with Crippen LogP contribution in [0.3, 0.4) is 0 Å². The predicted octanol–water partition coefficient (Wildman–Crippen LogP) is 1.89. The summed E-state index contributed by atoms with van der Waals surface area (Å²) in [6, 6.07) is 1.78. The second kappa shape index (κ2) is 5.48. The van der Waals surface area contributed by atoms with E-state index in [1.807, 2.05) is 0 Å². The minimum Gasteiger partial charge on any atom is -0.480 e. The molecule has 0 saturated carbocycles. The number of carboxylic acids is 1. The van der Waals surface area contributed by atoms with Crippen molar-refractivity contribution in [2.24, 2.45) is 0 Å². The normalized spacial score (nSPS) is 10.3. The summed E-state index contributed by atoms with van der Waals surface area (Å²) in [6.07, 6.45) is 2.89. The van der Waals surface area contributed by atoms with Gasteiger partial charge in [0.2, 0.25) is 0 Å². The molecule has 2 heterocycles. The number of nitrogens with zero attached hydrogens (tertiary/aromatic N) is 2. The van der Waals surface area contributed by atoms with Gasteiger partial charge in [0, 0.05) is 11.6 Å². The molecule has 2 aromatic heterocycles. The van der Waals surface area contributed by atoms with Crippen molar-refractivity contribution in [3.8, 4) is 0 Å². The van der Waals surface area contributed by atoms with Crippen LogP contribution in [0.4, 0.5) is 5.69 Å². The molecule has 2 aromatic rings. The van der Waals surface area contributed by atoms with Gasteiger partial charge in [0.15, 0.2) is 0 Å². The summed E-state index contributed by atoms with van der Waals surface area (Å²) in [5, 5.41) is 16.8. The standard InChI is InChI=1S/C10H8IN3O3S/c11-8-1-6(5-18-8)10(17)13-7-2-12-14(3-7)4-9(15)16/h1-3,5H,4H2,(H,13,17)(H,15,16). The highest BCUT2D eigenvalue weighted by molar-refractivity contribution is 14.1. The summed E-state index contributed by atoms with van der Waals surface area (Å²) in [6.45, 7) is -0.230. The van der Waals surface area contributed by atoms with Gasteiger partial charge in [-0.2, -0.15) is 5.10 Å². The van der Waals surface area contributed by atoms with Crippen LogP contribution in [0.1, 0.15) is 10.4 Å². The Bertz CT molecular complexity index is 593. The van der Waals surface area contributed by atoms with Crippen molar-refractivity contribution in [1.82, 2.24) is 9.78 Å². The Hall–Kier alpha value is -1.42. The molecule has 0 aliphatic carbocycles. The molecule has 0 aliphatic heterocycles. The van der Waals surface area contributed by atoms with Gasteiger partial charge in [-0.1, -0.05) is 0 Å². The van der Waals surface area contributed by atoms with E-state index < -0.39 is 5.97 Å². The van der Waals surface area contributed by atoms with Crippen LogP contribution in [-0.2, 0) is 11.3 Å². The number of amides is 1. The molecule has 0 spiro atoms. The van der Waals surface area contributed by atoms with Gasteiger partial charge in [-0.15, -0.1) is 11.3 Å². The van der Waals surface area contributed by atoms with Gasteiger partial charge in [-0.3, -0.25) is 14.3 Å². The van der Waals surface area contributed by atoms with Gasteiger partial charge in [0.05, 0.1) is 20.3 Å². The number of hydrogen-bond donors (Lipinski definition) is 2. The average Bonchev–Trinajstić information content (AvgIpc) is 2.87. The predicted molar refractivity (Wildman–Crippen MR) is 74.9 cm³/mol. The maximum absolute atomic E-state index is 11.8. The fourth-order valence-corrected chi connectivity index (χ4v) is 2.61. The van der Waals surface area contributed by atoms with E-state index in [9.17, 15) is 9.59 Å². The lowest BCUT2D eigenvalue weighted by atomic mass is 10.3. The number of anilines is 1. The number of aliphatic carboxylic acids is 1. The van der Waals surface area contributed by atoms with Crippen molar-refractivity contribution in [2.75, 3.05) is 5.32 Å². The van der Waals surface area contributed by atoms with E-state index in [-0.39, 0.29) is 12.5 Å². The van der Waals surface area contributed by atoms with Crippen molar-refractivity contribution in [2.45, 2.75) is 6.54 Å². The number of hydrogen-bond acceptors (Lipinski definition) is 4. The highest BCUT2D eigenvalue weighted by Gasteiger charge is 2.10. The number of aromatic nitrogens is 2. The van der Waals surface area contributed by atoms with E-state index in [0.29, 0.717) is 11.3 Å². The largest absolute Gasteiger partial charge is 0.480 e. The lowest BCUT2D eigenvalue weighted by molar-refractivity contribution is -0.137. The highest BCUT2D eigenvalue weighted by atomic mass is 127. The van der Waals surface area contributed by atoms with Crippen LogP contribution < -0.4 is 5.32 Å². The third kappa shape index (κ3) is 3.29. The number of thiophene rings is 1. The SMILES string of the molecule is O=C(O)Cn1cc(NC(=O)c2csc(I)c2)cn1. The fraction of sp³-hybridized carbons (Fsp3) is 0.100. The zero-order chi connectivity index (χ0) is 13.1. The minimum atomic E-state index is -0.983. The topological polar surface area (TPSA) is 84.2 Å². The zero-order valence-electron chi connectivity index (χ0n) is 8.96. The van der Waals surface area contributed by atoms with Gasteiger partial charge in [-0.05, 0) is 28.7 Å². The number of halogens is 1. The van der Waals surface area contributed by atoms with Crippen molar-refractivity contribution in [1.29, 1.82) is 0 Å². The molecule has 18 heavy (non-hydrogen) atoms. The molecular weight excluding hydrogens is 369 g/mol. The number of nitrogens with one attached hydrogen (secondary N) is 1. The molecule has 8 heteroatoms. The number of carbonyl (C=O) groups is 2. The summed E-state index contributed by atoms with van der Waals surface area (Å²) >= 11 is 3.62. The number of carboxylic acid groups (broad SMARTS) is 1. The maximum Gasteiger partial charge on any atom is 0.325 e. The van der Waals surface area contributed by atoms with Gasteiger partial charge in [0.25, 0.3) is 5.91 Å². The second-order valence-corrected chi connectivity index (χ2v) is 6.22. The van der Waals surface area contributed by atoms with Crippen LogP contribution >= 0.6 is 33.9 Å². The minimum absolute atomic E-state index is 0.230. The van der Waals surface area contributed by atoms with Crippen LogP contribution in [-0.4, -0.2) is 26.8 Å². The Morgan fingerprint density at radius 3 is 2.94 bits per heavy atom. The molecule has 0 fully saturated rings. The Balaban J connectivity index is 2.03. The van der Waals surface area contributed by atoms with E-state index in [2.05, 4.69) is 33.0 Å². The van der Waals surface area contributed by atoms with Crippen LogP contribution in [0.15, 0.2) is 23.8 Å².